The van der Waals surface area contributed by atoms with Gasteiger partial charge in [0.15, 0.2) is 0 Å². The molecule has 1 saturated carbocycles. The summed E-state index contributed by atoms with van der Waals surface area (Å²) in [7, 11) is 0. The number of aromatic nitrogens is 2. The molecule has 0 saturated heterocycles. The summed E-state index contributed by atoms with van der Waals surface area (Å²) >= 11 is 3.05. The van der Waals surface area contributed by atoms with Gasteiger partial charge in [0.2, 0.25) is 5.91 Å². The summed E-state index contributed by atoms with van der Waals surface area (Å²) in [4.78, 5) is 33.7. The lowest BCUT2D eigenvalue weighted by Gasteiger charge is -2.15. The third-order valence-electron chi connectivity index (χ3n) is 4.78. The van der Waals surface area contributed by atoms with Crippen LogP contribution in [0.3, 0.4) is 0 Å². The van der Waals surface area contributed by atoms with Crippen LogP contribution in [-0.2, 0) is 10.5 Å². The lowest BCUT2D eigenvalue weighted by atomic mass is 10.1. The molecule has 2 aromatic rings. The van der Waals surface area contributed by atoms with Crippen LogP contribution in [0.5, 0.6) is 0 Å². The van der Waals surface area contributed by atoms with Gasteiger partial charge < -0.3 is 10.3 Å². The Morgan fingerprint density at radius 3 is 2.72 bits per heavy atom. The Kier molecular flexibility index (Phi) is 6.17. The number of carbonyl (C=O) groups is 1. The average Bonchev–Trinajstić information content (AvgIpc) is 2.74. The largest absolute Gasteiger partial charge is 0.353 e. The van der Waals surface area contributed by atoms with E-state index in [4.69, 9.17) is 0 Å². The predicted octanol–water partition coefficient (Wildman–Crippen LogP) is 3.67. The first-order valence-corrected chi connectivity index (χ1v) is 10.9. The molecule has 0 spiro atoms. The van der Waals surface area contributed by atoms with Crippen LogP contribution in [-0.4, -0.2) is 27.7 Å². The number of fused-ring (bicyclic) bond motifs is 1. The number of hydrogen-bond donors (Lipinski definition) is 2. The van der Waals surface area contributed by atoms with Gasteiger partial charge in [-0.2, -0.15) is 0 Å². The van der Waals surface area contributed by atoms with E-state index in [2.05, 4.69) is 15.3 Å². The van der Waals surface area contributed by atoms with E-state index in [-0.39, 0.29) is 11.5 Å². The molecule has 25 heavy (non-hydrogen) atoms. The number of aromatic amines is 1. The van der Waals surface area contributed by atoms with Crippen LogP contribution in [0.4, 0.5) is 0 Å². The monoisotopic (exact) mass is 379 g/mol. The molecule has 1 fully saturated rings. The maximum Gasteiger partial charge on any atom is 0.259 e. The van der Waals surface area contributed by atoms with E-state index in [0.717, 1.165) is 28.1 Å². The van der Waals surface area contributed by atoms with Crippen molar-refractivity contribution in [1.29, 1.82) is 0 Å². The predicted molar refractivity (Wildman–Crippen MR) is 106 cm³/mol. The number of nitrogens with one attached hydrogen (secondary N) is 2. The summed E-state index contributed by atoms with van der Waals surface area (Å²) in [5.41, 5.74) is 0.932. The van der Waals surface area contributed by atoms with Gasteiger partial charge in [0.05, 0.1) is 16.9 Å². The number of thioether (sulfide) groups is 1. The Bertz CT molecular complexity index is 804. The topological polar surface area (TPSA) is 74.8 Å². The van der Waals surface area contributed by atoms with Crippen molar-refractivity contribution < 1.29 is 4.79 Å². The summed E-state index contributed by atoms with van der Waals surface area (Å²) < 4.78 is 0. The minimum Gasteiger partial charge on any atom is -0.353 e. The zero-order valence-corrected chi connectivity index (χ0v) is 16.4. The van der Waals surface area contributed by atoms with E-state index in [9.17, 15) is 9.59 Å². The minimum absolute atomic E-state index is 0.0784. The van der Waals surface area contributed by atoms with Crippen LogP contribution in [0.15, 0.2) is 4.79 Å². The lowest BCUT2D eigenvalue weighted by molar-refractivity contribution is -0.119. The third kappa shape index (κ3) is 4.64. The number of rotatable bonds is 5. The zero-order chi connectivity index (χ0) is 17.8. The summed E-state index contributed by atoms with van der Waals surface area (Å²) in [6.07, 6.45) is 7.18. The lowest BCUT2D eigenvalue weighted by Crippen LogP contribution is -2.35. The van der Waals surface area contributed by atoms with Gasteiger partial charge in [-0.05, 0) is 32.3 Å². The molecule has 1 amide bonds. The van der Waals surface area contributed by atoms with Crippen molar-refractivity contribution in [2.75, 3.05) is 5.75 Å². The Morgan fingerprint density at radius 1 is 1.28 bits per heavy atom. The van der Waals surface area contributed by atoms with E-state index in [1.165, 1.54) is 37.4 Å². The molecule has 3 rings (SSSR count). The van der Waals surface area contributed by atoms with Crippen LogP contribution < -0.4 is 10.9 Å². The van der Waals surface area contributed by atoms with Gasteiger partial charge in [0.25, 0.3) is 5.56 Å². The van der Waals surface area contributed by atoms with Crippen LogP contribution in [0.1, 0.15) is 54.8 Å². The first kappa shape index (κ1) is 18.5. The third-order valence-corrected chi connectivity index (χ3v) is 6.83. The molecule has 0 aliphatic heterocycles. The highest BCUT2D eigenvalue weighted by Gasteiger charge is 2.15. The van der Waals surface area contributed by atoms with Crippen molar-refractivity contribution >= 4 is 39.2 Å². The van der Waals surface area contributed by atoms with Crippen molar-refractivity contribution in [2.45, 2.75) is 64.2 Å². The number of nitrogens with zero attached hydrogens (tertiary/aromatic N) is 1. The molecular weight excluding hydrogens is 354 g/mol. The van der Waals surface area contributed by atoms with Gasteiger partial charge in [0.1, 0.15) is 10.7 Å². The average molecular weight is 380 g/mol. The standard InChI is InChI=1S/C18H25N3O2S2/c1-11-12(2)25-18-16(11)17(23)20-14(21-18)9-24-10-15(22)19-13-7-5-3-4-6-8-13/h13H,3-10H2,1-2H3,(H,19,22)(H,20,21,23). The molecular formula is C18H25N3O2S2. The fourth-order valence-electron chi connectivity index (χ4n) is 3.30. The summed E-state index contributed by atoms with van der Waals surface area (Å²) in [5.74, 6) is 1.68. The SMILES string of the molecule is Cc1sc2nc(CSCC(=O)NC3CCCCCC3)[nH]c(=O)c2c1C. The zero-order valence-electron chi connectivity index (χ0n) is 14.8. The molecule has 136 valence electrons. The van der Waals surface area contributed by atoms with E-state index in [1.54, 1.807) is 11.3 Å². The summed E-state index contributed by atoms with van der Waals surface area (Å²) in [6.45, 7) is 3.96. The second-order valence-corrected chi connectivity index (χ2v) is 8.91. The highest BCUT2D eigenvalue weighted by molar-refractivity contribution is 7.99. The fourth-order valence-corrected chi connectivity index (χ4v) is 5.05. The van der Waals surface area contributed by atoms with E-state index < -0.39 is 0 Å². The molecule has 5 nitrogen and oxygen atoms in total. The number of H-pyrrole nitrogens is 1. The second kappa shape index (κ2) is 8.36. The molecule has 0 unspecified atom stereocenters. The molecule has 0 atom stereocenters. The van der Waals surface area contributed by atoms with Crippen LogP contribution >= 0.6 is 23.1 Å². The van der Waals surface area contributed by atoms with Gasteiger partial charge in [-0.25, -0.2) is 4.98 Å². The number of aryl methyl sites for hydroxylation is 2. The van der Waals surface area contributed by atoms with E-state index in [1.807, 2.05) is 13.8 Å². The highest BCUT2D eigenvalue weighted by atomic mass is 32.2. The van der Waals surface area contributed by atoms with Gasteiger partial charge >= 0.3 is 0 Å². The van der Waals surface area contributed by atoms with Crippen molar-refractivity contribution in [3.63, 3.8) is 0 Å². The molecule has 2 heterocycles. The quantitative estimate of drug-likeness (QED) is 0.777. The first-order valence-electron chi connectivity index (χ1n) is 8.90. The number of amides is 1. The number of carbonyl (C=O) groups excluding carboxylic acids is 1. The Balaban J connectivity index is 1.54. The molecule has 1 aliphatic carbocycles. The van der Waals surface area contributed by atoms with Gasteiger partial charge in [0, 0.05) is 10.9 Å². The van der Waals surface area contributed by atoms with Crippen molar-refractivity contribution in [3.05, 3.63) is 26.6 Å². The van der Waals surface area contributed by atoms with Crippen LogP contribution in [0.25, 0.3) is 10.2 Å². The van der Waals surface area contributed by atoms with Gasteiger partial charge in [-0.15, -0.1) is 23.1 Å². The van der Waals surface area contributed by atoms with Crippen molar-refractivity contribution in [1.82, 2.24) is 15.3 Å². The molecule has 2 N–H and O–H groups in total. The van der Waals surface area contributed by atoms with Gasteiger partial charge in [-0.3, -0.25) is 9.59 Å². The minimum atomic E-state index is -0.0784. The smallest absolute Gasteiger partial charge is 0.259 e. The molecule has 0 bridgehead atoms. The van der Waals surface area contributed by atoms with Crippen LogP contribution in [0, 0.1) is 13.8 Å². The first-order chi connectivity index (χ1) is 12.0. The summed E-state index contributed by atoms with van der Waals surface area (Å²) in [5, 5.41) is 3.84. The maximum absolute atomic E-state index is 12.2. The molecule has 1 aliphatic rings. The molecule has 0 aromatic carbocycles. The van der Waals surface area contributed by atoms with Crippen molar-refractivity contribution in [2.24, 2.45) is 0 Å². The Labute approximate surface area is 156 Å². The maximum atomic E-state index is 12.2. The Hall–Kier alpha value is -1.34. The van der Waals surface area contributed by atoms with Gasteiger partial charge in [-0.1, -0.05) is 25.7 Å². The summed E-state index contributed by atoms with van der Waals surface area (Å²) in [6, 6.07) is 0.335. The van der Waals surface area contributed by atoms with Crippen LogP contribution in [0.2, 0.25) is 0 Å². The molecule has 7 heteroatoms. The van der Waals surface area contributed by atoms with Crippen molar-refractivity contribution in [3.8, 4) is 0 Å². The van der Waals surface area contributed by atoms with E-state index >= 15 is 0 Å². The fraction of sp³-hybridized carbons (Fsp3) is 0.611. The second-order valence-electron chi connectivity index (χ2n) is 6.72. The number of hydrogen-bond acceptors (Lipinski definition) is 5. The highest BCUT2D eigenvalue weighted by Crippen LogP contribution is 2.26. The normalized spacial score (nSPS) is 16.1. The van der Waals surface area contributed by atoms with E-state index in [0.29, 0.717) is 28.8 Å². The molecule has 2 aromatic heterocycles. The Morgan fingerprint density at radius 2 is 2.00 bits per heavy atom. The molecule has 0 radical (unpaired) electrons. The number of thiophene rings is 1.